The van der Waals surface area contributed by atoms with Crippen LogP contribution in [0.4, 0.5) is 0 Å². The average Bonchev–Trinajstić information content (AvgIpc) is 2.68. The van der Waals surface area contributed by atoms with Crippen LogP contribution in [-0.4, -0.2) is 21.3 Å². The van der Waals surface area contributed by atoms with Crippen LogP contribution in [0.5, 0.6) is 0 Å². The summed E-state index contributed by atoms with van der Waals surface area (Å²) < 4.78 is 1.61. The minimum absolute atomic E-state index is 0.105. The second-order valence-electron chi connectivity index (χ2n) is 6.04. The highest BCUT2D eigenvalue weighted by Crippen LogP contribution is 2.18. The standard InChI is InChI=1S/C21H19N3O2/c1-15-19(10-11-25)21(26)24(14-17-7-5-6-16(12-17)13-22)20(23-15)18-8-3-2-4-9-18/h2-9,12,25H,10-11,14H2,1H3. The Balaban J connectivity index is 2.18. The molecule has 1 aromatic heterocycles. The van der Waals surface area contributed by atoms with Gasteiger partial charge in [0.1, 0.15) is 5.82 Å². The maximum atomic E-state index is 13.1. The summed E-state index contributed by atoms with van der Waals surface area (Å²) in [4.78, 5) is 17.7. The van der Waals surface area contributed by atoms with E-state index in [4.69, 9.17) is 5.26 Å². The molecule has 5 nitrogen and oxygen atoms in total. The van der Waals surface area contributed by atoms with E-state index >= 15 is 0 Å². The summed E-state index contributed by atoms with van der Waals surface area (Å²) >= 11 is 0. The molecule has 26 heavy (non-hydrogen) atoms. The largest absolute Gasteiger partial charge is 0.396 e. The van der Waals surface area contributed by atoms with Crippen LogP contribution >= 0.6 is 0 Å². The van der Waals surface area contributed by atoms with Crippen LogP contribution < -0.4 is 5.56 Å². The Morgan fingerprint density at radius 1 is 1.15 bits per heavy atom. The Labute approximate surface area is 151 Å². The average molecular weight is 345 g/mol. The van der Waals surface area contributed by atoms with E-state index in [9.17, 15) is 9.90 Å². The molecule has 0 amide bonds. The lowest BCUT2D eigenvalue weighted by Crippen LogP contribution is -2.29. The summed E-state index contributed by atoms with van der Waals surface area (Å²) in [7, 11) is 0. The zero-order chi connectivity index (χ0) is 18.5. The Morgan fingerprint density at radius 3 is 2.62 bits per heavy atom. The van der Waals surface area contributed by atoms with Crippen molar-refractivity contribution >= 4 is 0 Å². The van der Waals surface area contributed by atoms with Crippen LogP contribution in [0.25, 0.3) is 11.4 Å². The fraction of sp³-hybridized carbons (Fsp3) is 0.190. The number of nitrogens with zero attached hydrogens (tertiary/aromatic N) is 3. The van der Waals surface area contributed by atoms with E-state index in [1.165, 1.54) is 0 Å². The highest BCUT2D eigenvalue weighted by atomic mass is 16.3. The Hall–Kier alpha value is -3.23. The zero-order valence-electron chi connectivity index (χ0n) is 14.5. The van der Waals surface area contributed by atoms with E-state index in [0.717, 1.165) is 11.1 Å². The van der Waals surface area contributed by atoms with Gasteiger partial charge in [-0.05, 0) is 24.6 Å². The molecule has 130 valence electrons. The van der Waals surface area contributed by atoms with Crippen LogP contribution in [0.2, 0.25) is 0 Å². The molecule has 0 saturated heterocycles. The van der Waals surface area contributed by atoms with Gasteiger partial charge in [0.25, 0.3) is 5.56 Å². The van der Waals surface area contributed by atoms with E-state index in [2.05, 4.69) is 11.1 Å². The van der Waals surface area contributed by atoms with E-state index in [1.807, 2.05) is 36.4 Å². The lowest BCUT2D eigenvalue weighted by molar-refractivity contribution is 0.298. The molecular formula is C21H19N3O2. The third kappa shape index (κ3) is 3.56. The maximum absolute atomic E-state index is 13.1. The van der Waals surface area contributed by atoms with Gasteiger partial charge in [-0.2, -0.15) is 5.26 Å². The van der Waals surface area contributed by atoms with Gasteiger partial charge >= 0.3 is 0 Å². The minimum Gasteiger partial charge on any atom is -0.396 e. The van der Waals surface area contributed by atoms with Gasteiger partial charge in [0, 0.05) is 29.8 Å². The minimum atomic E-state index is -0.159. The summed E-state index contributed by atoms with van der Waals surface area (Å²) in [5, 5.41) is 18.4. The highest BCUT2D eigenvalue weighted by molar-refractivity contribution is 5.56. The number of nitriles is 1. The van der Waals surface area contributed by atoms with Gasteiger partial charge < -0.3 is 5.11 Å². The van der Waals surface area contributed by atoms with Gasteiger partial charge in [-0.1, -0.05) is 42.5 Å². The summed E-state index contributed by atoms with van der Waals surface area (Å²) in [5.74, 6) is 0.581. The lowest BCUT2D eigenvalue weighted by Gasteiger charge is -2.16. The molecule has 3 rings (SSSR count). The molecule has 0 aliphatic heterocycles. The van der Waals surface area contributed by atoms with Gasteiger partial charge in [0.15, 0.2) is 0 Å². The van der Waals surface area contributed by atoms with Crippen LogP contribution in [0, 0.1) is 18.3 Å². The quantitative estimate of drug-likeness (QED) is 0.771. The second-order valence-corrected chi connectivity index (χ2v) is 6.04. The van der Waals surface area contributed by atoms with Crippen LogP contribution in [0.3, 0.4) is 0 Å². The smallest absolute Gasteiger partial charge is 0.257 e. The van der Waals surface area contributed by atoms with Crippen molar-refractivity contribution in [3.05, 3.63) is 87.3 Å². The van der Waals surface area contributed by atoms with Crippen molar-refractivity contribution < 1.29 is 5.11 Å². The van der Waals surface area contributed by atoms with Crippen molar-refractivity contribution in [1.29, 1.82) is 5.26 Å². The zero-order valence-corrected chi connectivity index (χ0v) is 14.5. The van der Waals surface area contributed by atoms with Crippen molar-refractivity contribution in [1.82, 2.24) is 9.55 Å². The molecule has 3 aromatic rings. The molecule has 0 radical (unpaired) electrons. The molecule has 0 atom stereocenters. The molecule has 0 spiro atoms. The first-order valence-electron chi connectivity index (χ1n) is 8.39. The fourth-order valence-corrected chi connectivity index (χ4v) is 2.98. The molecule has 2 aromatic carbocycles. The van der Waals surface area contributed by atoms with Crippen molar-refractivity contribution in [2.45, 2.75) is 19.9 Å². The predicted molar refractivity (Wildman–Crippen MR) is 99.7 cm³/mol. The molecule has 0 bridgehead atoms. The lowest BCUT2D eigenvalue weighted by atomic mass is 10.1. The number of aryl methyl sites for hydroxylation is 1. The number of benzene rings is 2. The molecule has 0 aliphatic carbocycles. The first-order chi connectivity index (χ1) is 12.6. The summed E-state index contributed by atoms with van der Waals surface area (Å²) in [6, 6.07) is 18.8. The number of hydrogen-bond acceptors (Lipinski definition) is 4. The fourth-order valence-electron chi connectivity index (χ4n) is 2.98. The second kappa shape index (κ2) is 7.77. The van der Waals surface area contributed by atoms with Gasteiger partial charge in [-0.3, -0.25) is 9.36 Å². The highest BCUT2D eigenvalue weighted by Gasteiger charge is 2.15. The number of aliphatic hydroxyl groups is 1. The molecule has 0 saturated carbocycles. The molecule has 1 N–H and O–H groups in total. The third-order valence-corrected chi connectivity index (χ3v) is 4.26. The summed E-state index contributed by atoms with van der Waals surface area (Å²) in [6.07, 6.45) is 0.269. The van der Waals surface area contributed by atoms with Crippen molar-refractivity contribution in [3.8, 4) is 17.5 Å². The summed E-state index contributed by atoms with van der Waals surface area (Å²) in [5.41, 5.74) is 3.23. The topological polar surface area (TPSA) is 78.9 Å². The van der Waals surface area contributed by atoms with Gasteiger partial charge in [0.05, 0.1) is 18.2 Å². The van der Waals surface area contributed by atoms with Crippen molar-refractivity contribution in [2.75, 3.05) is 6.61 Å². The predicted octanol–water partition coefficient (Wildman–Crippen LogP) is 2.67. The first-order valence-corrected chi connectivity index (χ1v) is 8.39. The van der Waals surface area contributed by atoms with Crippen molar-refractivity contribution in [3.63, 3.8) is 0 Å². The van der Waals surface area contributed by atoms with E-state index in [1.54, 1.807) is 29.7 Å². The third-order valence-electron chi connectivity index (χ3n) is 4.26. The monoisotopic (exact) mass is 345 g/mol. The van der Waals surface area contributed by atoms with E-state index in [-0.39, 0.29) is 18.6 Å². The molecule has 0 fully saturated rings. The van der Waals surface area contributed by atoms with Crippen LogP contribution in [0.15, 0.2) is 59.4 Å². The Bertz CT molecular complexity index is 1020. The summed E-state index contributed by atoms with van der Waals surface area (Å²) in [6.45, 7) is 2.00. The van der Waals surface area contributed by atoms with E-state index < -0.39 is 0 Å². The number of rotatable bonds is 5. The number of hydrogen-bond donors (Lipinski definition) is 1. The first kappa shape index (κ1) is 17.6. The van der Waals surface area contributed by atoms with Crippen LogP contribution in [0.1, 0.15) is 22.4 Å². The molecule has 5 heteroatoms. The molecule has 0 unspecified atom stereocenters. The SMILES string of the molecule is Cc1nc(-c2ccccc2)n(Cc2cccc(C#N)c2)c(=O)c1CCO. The molecule has 1 heterocycles. The van der Waals surface area contributed by atoms with E-state index in [0.29, 0.717) is 29.2 Å². The number of aliphatic hydroxyl groups excluding tert-OH is 1. The Morgan fingerprint density at radius 2 is 1.92 bits per heavy atom. The van der Waals surface area contributed by atoms with Crippen LogP contribution in [-0.2, 0) is 13.0 Å². The van der Waals surface area contributed by atoms with Gasteiger partial charge in [-0.25, -0.2) is 4.98 Å². The normalized spacial score (nSPS) is 10.5. The van der Waals surface area contributed by atoms with Gasteiger partial charge in [-0.15, -0.1) is 0 Å². The molecular weight excluding hydrogens is 326 g/mol. The maximum Gasteiger partial charge on any atom is 0.257 e. The Kier molecular flexibility index (Phi) is 5.26. The number of aromatic nitrogens is 2. The molecule has 0 aliphatic rings. The van der Waals surface area contributed by atoms with Crippen molar-refractivity contribution in [2.24, 2.45) is 0 Å². The van der Waals surface area contributed by atoms with Gasteiger partial charge in [0.2, 0.25) is 0 Å².